The highest BCUT2D eigenvalue weighted by molar-refractivity contribution is 7.81. The maximum atomic E-state index is 12.5. The first-order valence-electron chi connectivity index (χ1n) is 8.31. The minimum absolute atomic E-state index is 0.0330. The van der Waals surface area contributed by atoms with Gasteiger partial charge in [-0.3, -0.25) is 19.7 Å². The predicted octanol–water partition coefficient (Wildman–Crippen LogP) is 1.88. The Bertz CT molecular complexity index is 1070. The average molecular weight is 452 g/mol. The number of ketones is 2. The third kappa shape index (κ3) is 4.62. The summed E-state index contributed by atoms with van der Waals surface area (Å²) in [7, 11) is 0. The number of nitro groups is 1. The number of hydrogen-bond acceptors (Lipinski definition) is 8. The summed E-state index contributed by atoms with van der Waals surface area (Å²) in [6, 6.07) is 8.06. The first kappa shape index (κ1) is 23.3. The van der Waals surface area contributed by atoms with Crippen LogP contribution >= 0.6 is 12.6 Å². The molecule has 12 heteroatoms. The summed E-state index contributed by atoms with van der Waals surface area (Å²) in [5.74, 6) is -2.24. The van der Waals surface area contributed by atoms with Crippen LogP contribution < -0.4 is 5.73 Å². The molecule has 1 unspecified atom stereocenters. The molecular weight excluding hydrogens is 436 g/mol. The molecule has 3 rings (SSSR count). The lowest BCUT2D eigenvalue weighted by molar-refractivity contribution is -0.385. The third-order valence-corrected chi connectivity index (χ3v) is 5.16. The van der Waals surface area contributed by atoms with Crippen LogP contribution in [0.4, 0.5) is 5.69 Å². The summed E-state index contributed by atoms with van der Waals surface area (Å²) in [6.07, 6.45) is 0.478. The Kier molecular flexibility index (Phi) is 7.56. The van der Waals surface area contributed by atoms with Crippen molar-refractivity contribution in [2.75, 3.05) is 5.75 Å². The van der Waals surface area contributed by atoms with Crippen LogP contribution in [0.1, 0.15) is 48.6 Å². The van der Waals surface area contributed by atoms with Gasteiger partial charge in [0.25, 0.3) is 5.69 Å². The van der Waals surface area contributed by atoms with Crippen LogP contribution in [0.15, 0.2) is 36.4 Å². The lowest BCUT2D eigenvalue weighted by Crippen LogP contribution is -2.25. The number of carboxylic acid groups (broad SMARTS) is 1. The maximum absolute atomic E-state index is 12.5. The van der Waals surface area contributed by atoms with E-state index in [0.29, 0.717) is 12.2 Å². The number of hydrogen-bond donors (Lipinski definition) is 4. The largest absolute Gasteiger partial charge is 0.477 e. The zero-order chi connectivity index (χ0) is 22.6. The van der Waals surface area contributed by atoms with Crippen molar-refractivity contribution >= 4 is 46.9 Å². The van der Waals surface area contributed by atoms with Gasteiger partial charge in [0.15, 0.2) is 16.9 Å². The molecule has 0 bridgehead atoms. The van der Waals surface area contributed by atoms with E-state index >= 15 is 0 Å². The molecule has 2 aromatic rings. The normalized spacial score (nSPS) is 14.0. The van der Waals surface area contributed by atoms with E-state index in [1.54, 1.807) is 6.07 Å². The maximum Gasteiger partial charge on any atom is 0.342 e. The molecule has 10 nitrogen and oxygen atoms in total. The zero-order valence-electron chi connectivity index (χ0n) is 15.2. The lowest BCUT2D eigenvalue weighted by atomic mass is 9.82. The number of fused-ring (bicyclic) bond motifs is 2. The van der Waals surface area contributed by atoms with Gasteiger partial charge in [-0.2, -0.15) is 12.6 Å². The molecule has 1 aliphatic carbocycles. The second kappa shape index (κ2) is 9.71. The molecule has 0 aliphatic heterocycles. The van der Waals surface area contributed by atoms with Crippen molar-refractivity contribution in [3.8, 4) is 0 Å². The summed E-state index contributed by atoms with van der Waals surface area (Å²) in [5, 5.41) is 19.7. The van der Waals surface area contributed by atoms with Gasteiger partial charge in [-0.05, 0) is 24.3 Å². The molecule has 0 amide bonds. The minimum Gasteiger partial charge on any atom is -0.477 e. The highest BCUT2D eigenvalue weighted by atomic mass is 32.2. The number of nitrogens with zero attached hydrogens (tertiary/aromatic N) is 1. The van der Waals surface area contributed by atoms with Gasteiger partial charge in [0.2, 0.25) is 5.78 Å². The Morgan fingerprint density at radius 3 is 2.13 bits per heavy atom. The van der Waals surface area contributed by atoms with Gasteiger partial charge in [-0.15, -0.1) is 0 Å². The highest BCUT2D eigenvalue weighted by Crippen LogP contribution is 2.35. The molecule has 0 fully saturated rings. The monoisotopic (exact) mass is 452 g/mol. The van der Waals surface area contributed by atoms with Crippen molar-refractivity contribution < 1.29 is 33.2 Å². The predicted molar refractivity (Wildman–Crippen MR) is 111 cm³/mol. The quantitative estimate of drug-likeness (QED) is 0.195. The smallest absolute Gasteiger partial charge is 0.342 e. The lowest BCUT2D eigenvalue weighted by Gasteiger charge is -2.17. The molecule has 2 aromatic carbocycles. The van der Waals surface area contributed by atoms with E-state index < -0.39 is 55.7 Å². The van der Waals surface area contributed by atoms with Gasteiger partial charge in [0, 0.05) is 16.7 Å². The number of benzene rings is 2. The van der Waals surface area contributed by atoms with Gasteiger partial charge >= 0.3 is 5.97 Å². The number of thiol groups is 1. The van der Waals surface area contributed by atoms with Gasteiger partial charge in [-0.1, -0.05) is 24.3 Å². The van der Waals surface area contributed by atoms with Crippen LogP contribution in [-0.4, -0.2) is 47.5 Å². The molecule has 0 heterocycles. The van der Waals surface area contributed by atoms with Crippen molar-refractivity contribution in [1.82, 2.24) is 0 Å². The van der Waals surface area contributed by atoms with Crippen molar-refractivity contribution in [2.45, 2.75) is 11.8 Å². The zero-order valence-corrected chi connectivity index (χ0v) is 16.9. The molecule has 30 heavy (non-hydrogen) atoms. The van der Waals surface area contributed by atoms with E-state index in [0.717, 1.165) is 12.1 Å². The standard InChI is InChI=1S/C15H7NO6.C3H9NO2S2/c17-13-7-3-1-2-4-8(7)14(18)11-9(13)5-6-10(15(19)20)12(11)16(21)22;4-3(1-2-7)8(5)6/h1-6H,(H,19,20);3,7H,1-2,4H2,(H,5,6)/t;3-/m.0/s1. The van der Waals surface area contributed by atoms with E-state index in [1.165, 1.54) is 18.2 Å². The van der Waals surface area contributed by atoms with Crippen LogP contribution in [0.3, 0.4) is 0 Å². The molecule has 0 spiro atoms. The van der Waals surface area contributed by atoms with Crippen molar-refractivity contribution in [3.63, 3.8) is 0 Å². The van der Waals surface area contributed by atoms with Crippen molar-refractivity contribution in [2.24, 2.45) is 5.73 Å². The molecule has 0 aromatic heterocycles. The average Bonchev–Trinajstić information content (AvgIpc) is 2.71. The number of aromatic carboxylic acids is 1. The van der Waals surface area contributed by atoms with Crippen LogP contribution in [0.25, 0.3) is 0 Å². The first-order chi connectivity index (χ1) is 14.1. The number of rotatable bonds is 5. The minimum atomic E-state index is -1.88. The summed E-state index contributed by atoms with van der Waals surface area (Å²) in [4.78, 5) is 46.3. The summed E-state index contributed by atoms with van der Waals surface area (Å²) in [5.41, 5.74) is 3.22. The molecule has 158 valence electrons. The fraction of sp³-hybridized carbons (Fsp3) is 0.167. The fourth-order valence-corrected chi connectivity index (χ4v) is 3.53. The first-order valence-corrected chi connectivity index (χ1v) is 10.1. The van der Waals surface area contributed by atoms with Gasteiger partial charge < -0.3 is 15.4 Å². The Hall–Kier alpha value is -2.93. The van der Waals surface area contributed by atoms with E-state index in [9.17, 15) is 28.7 Å². The van der Waals surface area contributed by atoms with Crippen molar-refractivity contribution in [3.05, 3.63) is 74.3 Å². The van der Waals surface area contributed by atoms with Gasteiger partial charge in [-0.25, -0.2) is 9.00 Å². The molecule has 0 radical (unpaired) electrons. The highest BCUT2D eigenvalue weighted by Gasteiger charge is 2.38. The van der Waals surface area contributed by atoms with E-state index in [2.05, 4.69) is 12.6 Å². The van der Waals surface area contributed by atoms with Crippen LogP contribution in [-0.2, 0) is 11.1 Å². The molecule has 2 atom stereocenters. The second-order valence-electron chi connectivity index (χ2n) is 5.98. The SMILES string of the molecule is N[C@H](CCS)S(=O)O.O=C1c2ccccc2C(=O)c2c1ccc(C(=O)O)c2[N+](=O)[O-]. The van der Waals surface area contributed by atoms with Crippen LogP contribution in [0, 0.1) is 10.1 Å². The summed E-state index contributed by atoms with van der Waals surface area (Å²) in [6.45, 7) is 0. The Morgan fingerprint density at radius 2 is 1.70 bits per heavy atom. The molecule has 0 saturated carbocycles. The van der Waals surface area contributed by atoms with E-state index in [4.69, 9.17) is 15.4 Å². The van der Waals surface area contributed by atoms with Crippen LogP contribution in [0.2, 0.25) is 0 Å². The number of nitrogens with two attached hydrogens (primary N) is 1. The summed E-state index contributed by atoms with van der Waals surface area (Å²) < 4.78 is 18.3. The Morgan fingerprint density at radius 1 is 1.13 bits per heavy atom. The second-order valence-corrected chi connectivity index (χ2v) is 7.58. The number of carbonyl (C=O) groups excluding carboxylic acids is 2. The summed E-state index contributed by atoms with van der Waals surface area (Å²) >= 11 is 1.95. The molecule has 0 saturated heterocycles. The number of carboxylic acids is 1. The van der Waals surface area contributed by atoms with Gasteiger partial charge in [0.1, 0.15) is 16.5 Å². The molecular formula is C18H16N2O8S2. The molecule has 4 N–H and O–H groups in total. The van der Waals surface area contributed by atoms with E-state index in [-0.39, 0.29) is 16.7 Å². The number of carbonyl (C=O) groups is 3. The van der Waals surface area contributed by atoms with Crippen LogP contribution in [0.5, 0.6) is 0 Å². The van der Waals surface area contributed by atoms with Gasteiger partial charge in [0.05, 0.1) is 4.92 Å². The topological polar surface area (TPSA) is 178 Å². The fourth-order valence-electron chi connectivity index (χ4n) is 2.76. The molecule has 1 aliphatic rings. The Balaban J connectivity index is 0.000000343. The van der Waals surface area contributed by atoms with Crippen molar-refractivity contribution in [1.29, 1.82) is 0 Å². The Labute approximate surface area is 177 Å². The number of nitro benzene ring substituents is 1. The third-order valence-electron chi connectivity index (χ3n) is 4.15. The van der Waals surface area contributed by atoms with E-state index in [1.807, 2.05) is 0 Å².